The van der Waals surface area contributed by atoms with Crippen molar-refractivity contribution in [3.8, 4) is 5.69 Å². The van der Waals surface area contributed by atoms with E-state index in [1.54, 1.807) is 0 Å². The number of hydrogen-bond donors (Lipinski definition) is 1. The van der Waals surface area contributed by atoms with Crippen molar-refractivity contribution in [3.63, 3.8) is 0 Å². The monoisotopic (exact) mass is 214 g/mol. The number of aromatic nitrogens is 1. The summed E-state index contributed by atoms with van der Waals surface area (Å²) in [5.41, 5.74) is 9.45. The van der Waals surface area contributed by atoms with Crippen molar-refractivity contribution >= 4 is 0 Å². The van der Waals surface area contributed by atoms with Crippen molar-refractivity contribution in [2.45, 2.75) is 19.8 Å². The Bertz CT molecular complexity index is 440. The second-order valence-electron chi connectivity index (χ2n) is 3.93. The number of nitrogens with zero attached hydrogens (tertiary/aromatic N) is 1. The Hall–Kier alpha value is -1.54. The molecule has 16 heavy (non-hydrogen) atoms. The summed E-state index contributed by atoms with van der Waals surface area (Å²) in [5.74, 6) is 0. The Labute approximate surface area is 96.7 Å². The molecule has 0 unspecified atom stereocenters. The first-order valence-corrected chi connectivity index (χ1v) is 5.80. The smallest absolute Gasteiger partial charge is 0.0452 e. The van der Waals surface area contributed by atoms with Gasteiger partial charge < -0.3 is 10.3 Å². The van der Waals surface area contributed by atoms with E-state index in [0.29, 0.717) is 6.54 Å². The minimum Gasteiger partial charge on any atom is -0.330 e. The maximum Gasteiger partial charge on any atom is 0.0452 e. The summed E-state index contributed by atoms with van der Waals surface area (Å²) in [7, 11) is 0. The molecule has 1 heterocycles. The molecule has 2 N–H and O–H groups in total. The summed E-state index contributed by atoms with van der Waals surface area (Å²) in [6, 6.07) is 12.9. The van der Waals surface area contributed by atoms with Gasteiger partial charge >= 0.3 is 0 Å². The third kappa shape index (κ3) is 2.17. The van der Waals surface area contributed by atoms with E-state index in [9.17, 15) is 0 Å². The zero-order valence-electron chi connectivity index (χ0n) is 9.69. The molecule has 0 spiro atoms. The van der Waals surface area contributed by atoms with Gasteiger partial charge in [0.25, 0.3) is 0 Å². The second kappa shape index (κ2) is 4.99. The molecule has 2 aromatic rings. The van der Waals surface area contributed by atoms with Gasteiger partial charge in [-0.2, -0.15) is 0 Å². The number of nitrogens with two attached hydrogens (primary N) is 1. The van der Waals surface area contributed by atoms with Crippen molar-refractivity contribution in [3.05, 3.63) is 53.9 Å². The highest BCUT2D eigenvalue weighted by Crippen LogP contribution is 2.14. The molecule has 0 fully saturated rings. The van der Waals surface area contributed by atoms with E-state index in [1.165, 1.54) is 16.9 Å². The van der Waals surface area contributed by atoms with Crippen LogP contribution < -0.4 is 5.73 Å². The number of benzene rings is 1. The molecule has 84 valence electrons. The summed E-state index contributed by atoms with van der Waals surface area (Å²) >= 11 is 0. The topological polar surface area (TPSA) is 30.9 Å². The maximum absolute atomic E-state index is 5.60. The molecule has 0 atom stereocenters. The van der Waals surface area contributed by atoms with Gasteiger partial charge in [-0.05, 0) is 42.8 Å². The van der Waals surface area contributed by atoms with Gasteiger partial charge in [-0.15, -0.1) is 0 Å². The van der Waals surface area contributed by atoms with Crippen LogP contribution in [0.4, 0.5) is 0 Å². The van der Waals surface area contributed by atoms with E-state index in [1.807, 2.05) is 0 Å². The van der Waals surface area contributed by atoms with Crippen LogP contribution in [-0.4, -0.2) is 11.1 Å². The lowest BCUT2D eigenvalue weighted by atomic mass is 10.1. The molecule has 0 saturated carbocycles. The molecule has 1 aromatic carbocycles. The Morgan fingerprint density at radius 3 is 2.50 bits per heavy atom. The third-order valence-corrected chi connectivity index (χ3v) is 2.86. The Balaban J connectivity index is 2.31. The Morgan fingerprint density at radius 2 is 1.88 bits per heavy atom. The zero-order chi connectivity index (χ0) is 11.4. The maximum atomic E-state index is 5.60. The highest BCUT2D eigenvalue weighted by atomic mass is 15.0. The lowest BCUT2D eigenvalue weighted by Gasteiger charge is -2.09. The predicted molar refractivity (Wildman–Crippen MR) is 67.9 cm³/mol. The molecule has 0 saturated heterocycles. The summed E-state index contributed by atoms with van der Waals surface area (Å²) in [5, 5.41) is 0. The number of hydrogen-bond acceptors (Lipinski definition) is 1. The van der Waals surface area contributed by atoms with Crippen molar-refractivity contribution < 1.29 is 0 Å². The zero-order valence-corrected chi connectivity index (χ0v) is 9.69. The van der Waals surface area contributed by atoms with Crippen LogP contribution >= 0.6 is 0 Å². The SMILES string of the molecule is CCc1ccc(-n2cccc2CCN)cc1. The van der Waals surface area contributed by atoms with E-state index < -0.39 is 0 Å². The molecule has 2 heteroatoms. The summed E-state index contributed by atoms with van der Waals surface area (Å²) in [4.78, 5) is 0. The van der Waals surface area contributed by atoms with Crippen LogP contribution in [0.25, 0.3) is 5.69 Å². The van der Waals surface area contributed by atoms with Crippen molar-refractivity contribution in [2.75, 3.05) is 6.54 Å². The Morgan fingerprint density at radius 1 is 1.12 bits per heavy atom. The number of rotatable bonds is 4. The largest absolute Gasteiger partial charge is 0.330 e. The third-order valence-electron chi connectivity index (χ3n) is 2.86. The van der Waals surface area contributed by atoms with Crippen LogP contribution in [0, 0.1) is 0 Å². The van der Waals surface area contributed by atoms with E-state index in [-0.39, 0.29) is 0 Å². The van der Waals surface area contributed by atoms with E-state index >= 15 is 0 Å². The highest BCUT2D eigenvalue weighted by molar-refractivity contribution is 5.37. The van der Waals surface area contributed by atoms with Crippen LogP contribution in [0.3, 0.4) is 0 Å². The molecule has 0 aliphatic rings. The van der Waals surface area contributed by atoms with Crippen LogP contribution in [0.2, 0.25) is 0 Å². The molecule has 0 bridgehead atoms. The van der Waals surface area contributed by atoms with Crippen molar-refractivity contribution in [2.24, 2.45) is 5.73 Å². The molecule has 0 aliphatic carbocycles. The van der Waals surface area contributed by atoms with Gasteiger partial charge in [-0.3, -0.25) is 0 Å². The first-order valence-electron chi connectivity index (χ1n) is 5.80. The van der Waals surface area contributed by atoms with E-state index in [4.69, 9.17) is 5.73 Å². The minimum absolute atomic E-state index is 0.692. The molecule has 2 nitrogen and oxygen atoms in total. The van der Waals surface area contributed by atoms with Crippen LogP contribution in [0.5, 0.6) is 0 Å². The summed E-state index contributed by atoms with van der Waals surface area (Å²) < 4.78 is 2.20. The number of aryl methyl sites for hydroxylation is 1. The minimum atomic E-state index is 0.692. The van der Waals surface area contributed by atoms with Crippen molar-refractivity contribution in [1.82, 2.24) is 4.57 Å². The quantitative estimate of drug-likeness (QED) is 0.833. The average molecular weight is 214 g/mol. The fourth-order valence-electron chi connectivity index (χ4n) is 1.91. The van der Waals surface area contributed by atoms with E-state index in [2.05, 4.69) is 54.1 Å². The second-order valence-corrected chi connectivity index (χ2v) is 3.93. The lowest BCUT2D eigenvalue weighted by molar-refractivity contribution is 0.874. The van der Waals surface area contributed by atoms with Gasteiger partial charge in [0, 0.05) is 24.0 Å². The van der Waals surface area contributed by atoms with E-state index in [0.717, 1.165) is 12.8 Å². The molecular weight excluding hydrogens is 196 g/mol. The average Bonchev–Trinajstić information content (AvgIpc) is 2.78. The first kappa shape index (κ1) is 11.0. The van der Waals surface area contributed by atoms with Gasteiger partial charge in [0.05, 0.1) is 0 Å². The molecule has 0 aliphatic heterocycles. The standard InChI is InChI=1S/C14H18N2/c1-2-12-5-7-14(8-6-12)16-11-3-4-13(16)9-10-15/h3-8,11H,2,9-10,15H2,1H3. The molecule has 0 amide bonds. The van der Waals surface area contributed by atoms with Gasteiger partial charge in [0.2, 0.25) is 0 Å². The predicted octanol–water partition coefficient (Wildman–Crippen LogP) is 2.54. The van der Waals surface area contributed by atoms with Gasteiger partial charge in [-0.25, -0.2) is 0 Å². The molecule has 1 aromatic heterocycles. The van der Waals surface area contributed by atoms with Gasteiger partial charge in [0.1, 0.15) is 0 Å². The van der Waals surface area contributed by atoms with Gasteiger partial charge in [0.15, 0.2) is 0 Å². The van der Waals surface area contributed by atoms with Gasteiger partial charge in [-0.1, -0.05) is 19.1 Å². The first-order chi connectivity index (χ1) is 7.85. The van der Waals surface area contributed by atoms with Crippen LogP contribution in [0.1, 0.15) is 18.2 Å². The Kier molecular flexibility index (Phi) is 3.42. The van der Waals surface area contributed by atoms with Crippen LogP contribution in [-0.2, 0) is 12.8 Å². The fourth-order valence-corrected chi connectivity index (χ4v) is 1.91. The molecule has 0 radical (unpaired) electrons. The normalized spacial score (nSPS) is 10.6. The summed E-state index contributed by atoms with van der Waals surface area (Å²) in [6.45, 7) is 2.86. The van der Waals surface area contributed by atoms with Crippen molar-refractivity contribution in [1.29, 1.82) is 0 Å². The molecule has 2 rings (SSSR count). The molecular formula is C14H18N2. The summed E-state index contributed by atoms with van der Waals surface area (Å²) in [6.07, 6.45) is 4.09. The lowest BCUT2D eigenvalue weighted by Crippen LogP contribution is -2.07. The highest BCUT2D eigenvalue weighted by Gasteiger charge is 2.01. The van der Waals surface area contributed by atoms with Crippen LogP contribution in [0.15, 0.2) is 42.6 Å². The fraction of sp³-hybridized carbons (Fsp3) is 0.286.